The maximum atomic E-state index is 12.3. The number of pyridine rings is 1. The van der Waals surface area contributed by atoms with Crippen molar-refractivity contribution in [3.8, 4) is 0 Å². The molecule has 1 aromatic carbocycles. The predicted molar refractivity (Wildman–Crippen MR) is 82.2 cm³/mol. The van der Waals surface area contributed by atoms with Gasteiger partial charge in [-0.1, -0.05) is 25.1 Å². The van der Waals surface area contributed by atoms with Crippen molar-refractivity contribution in [2.45, 2.75) is 20.3 Å². The highest BCUT2D eigenvalue weighted by Crippen LogP contribution is 2.17. The molecule has 0 aliphatic carbocycles. The predicted octanol–water partition coefficient (Wildman–Crippen LogP) is 3.33. The smallest absolute Gasteiger partial charge is 0.255 e. The van der Waals surface area contributed by atoms with Crippen molar-refractivity contribution >= 4 is 17.4 Å². The van der Waals surface area contributed by atoms with E-state index in [-0.39, 0.29) is 5.91 Å². The standard InChI is InChI=1S/C16H19N3O/c1-3-12-7-5-6-8-14(12)19-16(20)13-9-10-18-15(11-13)17-4-2/h5-11H,3-4H2,1-2H3,(H,17,18)(H,19,20). The molecule has 0 radical (unpaired) electrons. The molecular formula is C16H19N3O. The van der Waals surface area contributed by atoms with Gasteiger partial charge in [-0.2, -0.15) is 0 Å². The number of hydrogen-bond donors (Lipinski definition) is 2. The lowest BCUT2D eigenvalue weighted by Gasteiger charge is -2.10. The number of carbonyl (C=O) groups is 1. The normalized spacial score (nSPS) is 10.1. The van der Waals surface area contributed by atoms with Gasteiger partial charge in [0.1, 0.15) is 5.82 Å². The Hall–Kier alpha value is -2.36. The van der Waals surface area contributed by atoms with Crippen LogP contribution in [0.1, 0.15) is 29.8 Å². The fourth-order valence-corrected chi connectivity index (χ4v) is 1.99. The summed E-state index contributed by atoms with van der Waals surface area (Å²) in [5, 5.41) is 6.05. The highest BCUT2D eigenvalue weighted by atomic mass is 16.1. The summed E-state index contributed by atoms with van der Waals surface area (Å²) in [6.07, 6.45) is 2.52. The summed E-state index contributed by atoms with van der Waals surface area (Å²) in [6, 6.07) is 11.3. The van der Waals surface area contributed by atoms with Crippen molar-refractivity contribution in [1.82, 2.24) is 4.98 Å². The third-order valence-corrected chi connectivity index (χ3v) is 3.03. The van der Waals surface area contributed by atoms with Crippen LogP contribution in [-0.4, -0.2) is 17.4 Å². The Bertz CT molecular complexity index is 596. The first kappa shape index (κ1) is 14.1. The van der Waals surface area contributed by atoms with E-state index in [4.69, 9.17) is 0 Å². The molecule has 0 unspecified atom stereocenters. The molecule has 4 heteroatoms. The quantitative estimate of drug-likeness (QED) is 0.875. The largest absolute Gasteiger partial charge is 0.370 e. The van der Waals surface area contributed by atoms with E-state index in [1.54, 1.807) is 18.3 Å². The molecule has 104 valence electrons. The molecule has 4 nitrogen and oxygen atoms in total. The molecule has 2 N–H and O–H groups in total. The Labute approximate surface area is 119 Å². The molecule has 0 aliphatic heterocycles. The van der Waals surface area contributed by atoms with Gasteiger partial charge >= 0.3 is 0 Å². The van der Waals surface area contributed by atoms with E-state index in [0.717, 1.165) is 24.2 Å². The number of aryl methyl sites for hydroxylation is 1. The van der Waals surface area contributed by atoms with E-state index in [2.05, 4.69) is 22.5 Å². The molecule has 0 aliphatic rings. The van der Waals surface area contributed by atoms with E-state index in [1.165, 1.54) is 0 Å². The summed E-state index contributed by atoms with van der Waals surface area (Å²) in [6.45, 7) is 4.84. The van der Waals surface area contributed by atoms with E-state index < -0.39 is 0 Å². The zero-order valence-electron chi connectivity index (χ0n) is 11.8. The van der Waals surface area contributed by atoms with Crippen LogP contribution in [0.15, 0.2) is 42.6 Å². The number of nitrogens with one attached hydrogen (secondary N) is 2. The number of benzene rings is 1. The molecule has 1 amide bonds. The van der Waals surface area contributed by atoms with Gasteiger partial charge in [-0.05, 0) is 37.1 Å². The topological polar surface area (TPSA) is 54.0 Å². The van der Waals surface area contributed by atoms with E-state index in [1.807, 2.05) is 31.2 Å². The van der Waals surface area contributed by atoms with E-state index in [0.29, 0.717) is 11.4 Å². The Balaban J connectivity index is 2.17. The van der Waals surface area contributed by atoms with Crippen molar-refractivity contribution in [3.63, 3.8) is 0 Å². The minimum Gasteiger partial charge on any atom is -0.370 e. The molecule has 20 heavy (non-hydrogen) atoms. The molecule has 0 spiro atoms. The molecule has 0 saturated carbocycles. The first-order valence-corrected chi connectivity index (χ1v) is 6.83. The summed E-state index contributed by atoms with van der Waals surface area (Å²) >= 11 is 0. The number of aromatic nitrogens is 1. The third-order valence-electron chi connectivity index (χ3n) is 3.03. The maximum Gasteiger partial charge on any atom is 0.255 e. The lowest BCUT2D eigenvalue weighted by Crippen LogP contribution is -2.14. The molecule has 0 fully saturated rings. The molecule has 1 aromatic heterocycles. The second-order valence-corrected chi connectivity index (χ2v) is 4.42. The van der Waals surface area contributed by atoms with Gasteiger partial charge in [0.15, 0.2) is 0 Å². The van der Waals surface area contributed by atoms with Gasteiger partial charge in [-0.25, -0.2) is 4.98 Å². The monoisotopic (exact) mass is 269 g/mol. The Kier molecular flexibility index (Phi) is 4.71. The molecular weight excluding hydrogens is 250 g/mol. The van der Waals surface area contributed by atoms with Crippen molar-refractivity contribution < 1.29 is 4.79 Å². The second-order valence-electron chi connectivity index (χ2n) is 4.42. The van der Waals surface area contributed by atoms with Gasteiger partial charge in [-0.3, -0.25) is 4.79 Å². The molecule has 1 heterocycles. The van der Waals surface area contributed by atoms with Crippen LogP contribution in [0.2, 0.25) is 0 Å². The van der Waals surface area contributed by atoms with E-state index in [9.17, 15) is 4.79 Å². The molecule has 0 atom stereocenters. The minimum absolute atomic E-state index is 0.118. The van der Waals surface area contributed by atoms with Crippen LogP contribution in [-0.2, 0) is 6.42 Å². The summed E-state index contributed by atoms with van der Waals surface area (Å²) < 4.78 is 0. The SMILES string of the molecule is CCNc1cc(C(=O)Nc2ccccc2CC)ccn1. The molecule has 0 saturated heterocycles. The molecule has 2 rings (SSSR count). The first-order valence-electron chi connectivity index (χ1n) is 6.83. The Morgan fingerprint density at radius 2 is 2.00 bits per heavy atom. The molecule has 0 bridgehead atoms. The van der Waals surface area contributed by atoms with Gasteiger partial charge in [0.2, 0.25) is 0 Å². The summed E-state index contributed by atoms with van der Waals surface area (Å²) in [7, 11) is 0. The van der Waals surface area contributed by atoms with Crippen LogP contribution in [0.5, 0.6) is 0 Å². The Morgan fingerprint density at radius 1 is 1.20 bits per heavy atom. The minimum atomic E-state index is -0.118. The molecule has 2 aromatic rings. The number of amides is 1. The Morgan fingerprint density at radius 3 is 2.75 bits per heavy atom. The average Bonchev–Trinajstić information content (AvgIpc) is 2.48. The number of carbonyl (C=O) groups excluding carboxylic acids is 1. The second kappa shape index (κ2) is 6.70. The number of hydrogen-bond acceptors (Lipinski definition) is 3. The van der Waals surface area contributed by atoms with Gasteiger partial charge in [-0.15, -0.1) is 0 Å². The average molecular weight is 269 g/mol. The van der Waals surface area contributed by atoms with Gasteiger partial charge in [0.25, 0.3) is 5.91 Å². The lowest BCUT2D eigenvalue weighted by molar-refractivity contribution is 0.102. The lowest BCUT2D eigenvalue weighted by atomic mass is 10.1. The summed E-state index contributed by atoms with van der Waals surface area (Å²) in [5.74, 6) is 0.594. The van der Waals surface area contributed by atoms with Gasteiger partial charge in [0.05, 0.1) is 0 Å². The van der Waals surface area contributed by atoms with Crippen LogP contribution in [0.4, 0.5) is 11.5 Å². The van der Waals surface area contributed by atoms with Crippen molar-refractivity contribution in [1.29, 1.82) is 0 Å². The van der Waals surface area contributed by atoms with Crippen LogP contribution < -0.4 is 10.6 Å². The summed E-state index contributed by atoms with van der Waals surface area (Å²) in [4.78, 5) is 16.4. The fourth-order valence-electron chi connectivity index (χ4n) is 1.99. The first-order chi connectivity index (χ1) is 9.74. The van der Waals surface area contributed by atoms with Crippen LogP contribution in [0, 0.1) is 0 Å². The van der Waals surface area contributed by atoms with Crippen LogP contribution in [0.25, 0.3) is 0 Å². The number of nitrogens with zero attached hydrogens (tertiary/aromatic N) is 1. The van der Waals surface area contributed by atoms with Crippen molar-refractivity contribution in [2.24, 2.45) is 0 Å². The fraction of sp³-hybridized carbons (Fsp3) is 0.250. The highest BCUT2D eigenvalue weighted by Gasteiger charge is 2.09. The third kappa shape index (κ3) is 3.35. The van der Waals surface area contributed by atoms with E-state index >= 15 is 0 Å². The van der Waals surface area contributed by atoms with Gasteiger partial charge < -0.3 is 10.6 Å². The van der Waals surface area contributed by atoms with Crippen molar-refractivity contribution in [3.05, 3.63) is 53.7 Å². The highest BCUT2D eigenvalue weighted by molar-refractivity contribution is 6.05. The number of rotatable bonds is 5. The number of para-hydroxylation sites is 1. The maximum absolute atomic E-state index is 12.3. The number of anilines is 2. The van der Waals surface area contributed by atoms with Gasteiger partial charge in [0, 0.05) is 24.0 Å². The van der Waals surface area contributed by atoms with Crippen LogP contribution >= 0.6 is 0 Å². The summed E-state index contributed by atoms with van der Waals surface area (Å²) in [5.41, 5.74) is 2.59. The van der Waals surface area contributed by atoms with Crippen LogP contribution in [0.3, 0.4) is 0 Å². The zero-order chi connectivity index (χ0) is 14.4. The van der Waals surface area contributed by atoms with Crippen molar-refractivity contribution in [2.75, 3.05) is 17.2 Å². The zero-order valence-corrected chi connectivity index (χ0v) is 11.8.